The number of piperidine rings is 2. The Morgan fingerprint density at radius 1 is 0.984 bits per heavy atom. The molecule has 1 atom stereocenters. The minimum atomic E-state index is -2.75. The van der Waals surface area contributed by atoms with Crippen molar-refractivity contribution in [2.24, 2.45) is 7.05 Å². The minimum absolute atomic E-state index is 0.0135. The van der Waals surface area contributed by atoms with E-state index >= 15 is 8.78 Å². The van der Waals surface area contributed by atoms with Crippen LogP contribution < -0.4 is 20.6 Å². The van der Waals surface area contributed by atoms with Gasteiger partial charge in [-0.25, -0.2) is 18.6 Å². The number of pyridine rings is 1. The standard InChI is InChI=1S/C47H48F2N10O5/c1-28(60)55-20-14-36-35(26-55)45(57-17-5-7-30-23-32(34(44(48)49)24-39(30)57)33-25-42-50-15-21-56(42)27-41(33)64-3)52-59(36)31-12-18-54(19-13-31)16-4-6-29-8-9-37-40(22-29)53(2)47(63)58(37)38-10-11-43(61)51-46(38)62/h8-9,15,21-25,27,31,38,44H,5,7,10-14,16-20,26H2,1-3H3,(H,51,61,62). The molecule has 1 N–H and O–H groups in total. The van der Waals surface area contributed by atoms with Crippen molar-refractivity contribution in [2.75, 3.05) is 44.7 Å². The predicted molar refractivity (Wildman–Crippen MR) is 235 cm³/mol. The largest absolute Gasteiger partial charge is 0.495 e. The summed E-state index contributed by atoms with van der Waals surface area (Å²) in [6, 6.07) is 10.2. The third-order valence-electron chi connectivity index (χ3n) is 13.4. The highest BCUT2D eigenvalue weighted by atomic mass is 19.3. The molecule has 2 aromatic carbocycles. The van der Waals surface area contributed by atoms with Crippen LogP contribution in [-0.4, -0.2) is 95.7 Å². The molecule has 4 aliphatic heterocycles. The lowest BCUT2D eigenvalue weighted by Crippen LogP contribution is -2.44. The molecular weight excluding hydrogens is 823 g/mol. The van der Waals surface area contributed by atoms with Gasteiger partial charge in [0.1, 0.15) is 17.4 Å². The van der Waals surface area contributed by atoms with E-state index in [1.54, 1.807) is 49.1 Å². The summed E-state index contributed by atoms with van der Waals surface area (Å²) in [6.45, 7) is 5.33. The summed E-state index contributed by atoms with van der Waals surface area (Å²) in [5.74, 6) is 6.96. The molecule has 2 saturated heterocycles. The van der Waals surface area contributed by atoms with Crippen LogP contribution in [0.15, 0.2) is 59.8 Å². The van der Waals surface area contributed by atoms with E-state index in [9.17, 15) is 19.2 Å². The maximum atomic E-state index is 15.1. The molecule has 0 radical (unpaired) electrons. The Hall–Kier alpha value is -6.80. The van der Waals surface area contributed by atoms with Gasteiger partial charge in [-0.15, -0.1) is 0 Å². The molecule has 0 saturated carbocycles. The fourth-order valence-electron chi connectivity index (χ4n) is 10.1. The second kappa shape index (κ2) is 16.4. The van der Waals surface area contributed by atoms with Crippen LogP contribution in [0.5, 0.6) is 5.75 Å². The van der Waals surface area contributed by atoms with Gasteiger partial charge in [-0.1, -0.05) is 11.8 Å². The zero-order valence-corrected chi connectivity index (χ0v) is 35.9. The quantitative estimate of drug-likeness (QED) is 0.164. The Kier molecular flexibility index (Phi) is 10.6. The Labute approximate surface area is 367 Å². The smallest absolute Gasteiger partial charge is 0.329 e. The average molecular weight is 871 g/mol. The third-order valence-corrected chi connectivity index (χ3v) is 13.4. The Balaban J connectivity index is 0.895. The second-order valence-electron chi connectivity index (χ2n) is 17.1. The Morgan fingerprint density at radius 2 is 1.81 bits per heavy atom. The number of imidazole rings is 2. The van der Waals surface area contributed by atoms with Crippen molar-refractivity contribution >= 4 is 45.9 Å². The van der Waals surface area contributed by atoms with E-state index < -0.39 is 18.4 Å². The first-order chi connectivity index (χ1) is 31.0. The summed E-state index contributed by atoms with van der Waals surface area (Å²) in [5, 5.41) is 7.67. The molecular formula is C47H48F2N10O5. The number of nitrogens with one attached hydrogen (secondary N) is 1. The highest BCUT2D eigenvalue weighted by Crippen LogP contribution is 2.45. The molecule has 0 bridgehead atoms. The number of methoxy groups -OCH3 is 1. The molecule has 3 amide bonds. The zero-order valence-electron chi connectivity index (χ0n) is 35.9. The van der Waals surface area contributed by atoms with Gasteiger partial charge in [0, 0.05) is 99.0 Å². The molecule has 6 aromatic rings. The number of carbonyl (C=O) groups is 3. The first-order valence-electron chi connectivity index (χ1n) is 21.8. The fraction of sp³-hybridized carbons (Fsp3) is 0.404. The van der Waals surface area contributed by atoms with Crippen molar-refractivity contribution in [2.45, 2.75) is 76.9 Å². The van der Waals surface area contributed by atoms with E-state index in [2.05, 4.69) is 36.6 Å². The predicted octanol–water partition coefficient (Wildman–Crippen LogP) is 5.45. The van der Waals surface area contributed by atoms with E-state index in [4.69, 9.17) is 9.84 Å². The highest BCUT2D eigenvalue weighted by Gasteiger charge is 2.35. The number of hydrogen-bond donors (Lipinski definition) is 1. The van der Waals surface area contributed by atoms with Crippen LogP contribution in [0.1, 0.15) is 85.5 Å². The lowest BCUT2D eigenvalue weighted by Gasteiger charge is -2.33. The molecule has 330 valence electrons. The lowest BCUT2D eigenvalue weighted by molar-refractivity contribution is -0.135. The molecule has 0 spiro atoms. The number of halogens is 2. The van der Waals surface area contributed by atoms with Crippen LogP contribution in [-0.2, 0) is 40.8 Å². The number of fused-ring (bicyclic) bond motifs is 4. The molecule has 1 unspecified atom stereocenters. The number of amides is 3. The van der Waals surface area contributed by atoms with Crippen LogP contribution in [0.2, 0.25) is 0 Å². The SMILES string of the molecule is COc1cn2ccnc2cc1-c1cc2c(cc1C(F)F)N(c1nn(C3CCN(CC#Cc4ccc5c(c4)n(C)c(=O)n5C4CCC(=O)NC4=O)CC3)c3c1CN(C(C)=O)CC3)CCC2. The maximum Gasteiger partial charge on any atom is 0.329 e. The summed E-state index contributed by atoms with van der Waals surface area (Å²) in [7, 11) is 3.20. The number of carbonyl (C=O) groups excluding carboxylic acids is 3. The van der Waals surface area contributed by atoms with Crippen molar-refractivity contribution in [3.05, 3.63) is 93.4 Å². The summed E-state index contributed by atoms with van der Waals surface area (Å²) >= 11 is 0. The van der Waals surface area contributed by atoms with Crippen LogP contribution in [0.4, 0.5) is 20.3 Å². The van der Waals surface area contributed by atoms with Gasteiger partial charge in [0.2, 0.25) is 17.7 Å². The number of likely N-dealkylation sites (tertiary alicyclic amines) is 1. The van der Waals surface area contributed by atoms with E-state index in [0.29, 0.717) is 78.3 Å². The summed E-state index contributed by atoms with van der Waals surface area (Å²) in [4.78, 5) is 60.9. The molecule has 4 aliphatic rings. The topological polar surface area (TPSA) is 144 Å². The molecule has 10 rings (SSSR count). The Bertz CT molecular complexity index is 3000. The van der Waals surface area contributed by atoms with E-state index in [1.807, 2.05) is 29.2 Å². The average Bonchev–Trinajstić information content (AvgIpc) is 3.99. The van der Waals surface area contributed by atoms with Gasteiger partial charge in [0.15, 0.2) is 5.82 Å². The fourth-order valence-corrected chi connectivity index (χ4v) is 10.1. The van der Waals surface area contributed by atoms with Gasteiger partial charge >= 0.3 is 5.69 Å². The van der Waals surface area contributed by atoms with E-state index in [-0.39, 0.29) is 42.0 Å². The number of aryl methyl sites for hydroxylation is 2. The van der Waals surface area contributed by atoms with Crippen molar-refractivity contribution in [1.29, 1.82) is 0 Å². The summed E-state index contributed by atoms with van der Waals surface area (Å²) in [6.07, 6.45) is 6.75. The van der Waals surface area contributed by atoms with Crippen molar-refractivity contribution in [3.63, 3.8) is 0 Å². The van der Waals surface area contributed by atoms with Crippen molar-refractivity contribution in [3.8, 4) is 28.7 Å². The van der Waals surface area contributed by atoms with Gasteiger partial charge < -0.3 is 18.9 Å². The number of nitrogens with zero attached hydrogens (tertiary/aromatic N) is 9. The number of aromatic nitrogens is 6. The van der Waals surface area contributed by atoms with Crippen LogP contribution >= 0.6 is 0 Å². The first kappa shape index (κ1) is 41.2. The van der Waals surface area contributed by atoms with Gasteiger partial charge in [-0.3, -0.25) is 38.4 Å². The van der Waals surface area contributed by atoms with Gasteiger partial charge in [-0.2, -0.15) is 5.10 Å². The summed E-state index contributed by atoms with van der Waals surface area (Å²) < 4.78 is 42.9. The number of alkyl halides is 2. The number of anilines is 2. The highest BCUT2D eigenvalue weighted by molar-refractivity contribution is 6.00. The molecule has 2 fully saturated rings. The van der Waals surface area contributed by atoms with Gasteiger partial charge in [0.05, 0.1) is 43.5 Å². The lowest BCUT2D eigenvalue weighted by atomic mass is 9.91. The normalized spacial score (nSPS) is 18.3. The van der Waals surface area contributed by atoms with Gasteiger partial charge in [0.25, 0.3) is 6.43 Å². The molecule has 4 aromatic heterocycles. The van der Waals surface area contributed by atoms with E-state index in [0.717, 1.165) is 60.6 Å². The summed E-state index contributed by atoms with van der Waals surface area (Å²) in [5.41, 5.74) is 6.94. The first-order valence-corrected chi connectivity index (χ1v) is 21.8. The Morgan fingerprint density at radius 3 is 2.58 bits per heavy atom. The number of imide groups is 1. The molecule has 8 heterocycles. The second-order valence-corrected chi connectivity index (χ2v) is 17.1. The van der Waals surface area contributed by atoms with Crippen LogP contribution in [0, 0.1) is 11.8 Å². The zero-order chi connectivity index (χ0) is 44.4. The molecule has 0 aliphatic carbocycles. The van der Waals surface area contributed by atoms with E-state index in [1.165, 1.54) is 16.2 Å². The number of benzene rings is 2. The third kappa shape index (κ3) is 7.19. The van der Waals surface area contributed by atoms with Crippen molar-refractivity contribution < 1.29 is 27.9 Å². The van der Waals surface area contributed by atoms with Crippen LogP contribution in [0.3, 0.4) is 0 Å². The molecule has 64 heavy (non-hydrogen) atoms. The molecule has 15 nitrogen and oxygen atoms in total. The minimum Gasteiger partial charge on any atom is -0.495 e. The molecule has 17 heteroatoms. The van der Waals surface area contributed by atoms with Crippen molar-refractivity contribution in [1.82, 2.24) is 43.4 Å². The maximum absolute atomic E-state index is 15.1. The number of ether oxygens (including phenoxy) is 1. The monoisotopic (exact) mass is 870 g/mol. The van der Waals surface area contributed by atoms with Crippen LogP contribution in [0.25, 0.3) is 27.8 Å². The van der Waals surface area contributed by atoms with Gasteiger partial charge in [-0.05, 0) is 79.6 Å². The number of rotatable bonds is 7. The number of hydrogen-bond acceptors (Lipinski definition) is 9.